The van der Waals surface area contributed by atoms with Gasteiger partial charge in [-0.2, -0.15) is 0 Å². The zero-order chi connectivity index (χ0) is 16.5. The number of methoxy groups -OCH3 is 1. The van der Waals surface area contributed by atoms with Gasteiger partial charge in [0.2, 0.25) is 5.91 Å². The van der Waals surface area contributed by atoms with Crippen LogP contribution in [0.5, 0.6) is 11.5 Å². The number of para-hydroxylation sites is 1. The summed E-state index contributed by atoms with van der Waals surface area (Å²) in [6, 6.07) is 17.3. The summed E-state index contributed by atoms with van der Waals surface area (Å²) >= 11 is 0. The van der Waals surface area contributed by atoms with Gasteiger partial charge < -0.3 is 14.4 Å². The van der Waals surface area contributed by atoms with E-state index in [1.54, 1.807) is 7.11 Å². The van der Waals surface area contributed by atoms with Crippen molar-refractivity contribution in [1.82, 2.24) is 4.90 Å². The molecule has 0 bridgehead atoms. The van der Waals surface area contributed by atoms with Gasteiger partial charge in [0, 0.05) is 13.1 Å². The number of nitrogens with zero attached hydrogens (tertiary/aromatic N) is 1. The lowest BCUT2D eigenvalue weighted by Gasteiger charge is -2.21. The van der Waals surface area contributed by atoms with Crippen LogP contribution in [0.4, 0.5) is 0 Å². The van der Waals surface area contributed by atoms with Crippen LogP contribution in [0.2, 0.25) is 0 Å². The van der Waals surface area contributed by atoms with Crippen LogP contribution in [-0.4, -0.2) is 31.1 Å². The predicted molar refractivity (Wildman–Crippen MR) is 90.6 cm³/mol. The van der Waals surface area contributed by atoms with Crippen molar-refractivity contribution in [2.75, 3.05) is 20.3 Å². The first-order valence-electron chi connectivity index (χ1n) is 7.81. The zero-order valence-corrected chi connectivity index (χ0v) is 13.7. The highest BCUT2D eigenvalue weighted by molar-refractivity contribution is 5.76. The summed E-state index contributed by atoms with van der Waals surface area (Å²) in [5, 5.41) is 0. The number of benzene rings is 2. The summed E-state index contributed by atoms with van der Waals surface area (Å²) in [6.45, 7) is 3.66. The Labute approximate surface area is 137 Å². The molecule has 0 aliphatic rings. The van der Waals surface area contributed by atoms with E-state index in [1.165, 1.54) is 0 Å². The molecule has 1 amide bonds. The van der Waals surface area contributed by atoms with Crippen molar-refractivity contribution in [1.29, 1.82) is 0 Å². The third-order valence-electron chi connectivity index (χ3n) is 3.59. The highest BCUT2D eigenvalue weighted by Gasteiger charge is 2.12. The first-order chi connectivity index (χ1) is 11.2. The molecule has 2 aromatic carbocycles. The predicted octanol–water partition coefficient (Wildman–Crippen LogP) is 3.51. The molecule has 0 heterocycles. The van der Waals surface area contributed by atoms with Crippen molar-refractivity contribution < 1.29 is 14.3 Å². The smallest absolute Gasteiger partial charge is 0.226 e. The standard InChI is InChI=1S/C19H23NO3/c1-3-20(15-16-9-11-17(22-2)12-10-16)19(21)13-14-23-18-7-5-4-6-8-18/h4-12H,3,13-15H2,1-2H3. The molecule has 0 aliphatic heterocycles. The second kappa shape index (κ2) is 8.83. The van der Waals surface area contributed by atoms with Crippen LogP contribution < -0.4 is 9.47 Å². The van der Waals surface area contributed by atoms with Crippen LogP contribution in [0, 0.1) is 0 Å². The fraction of sp³-hybridized carbons (Fsp3) is 0.316. The highest BCUT2D eigenvalue weighted by atomic mass is 16.5. The maximum atomic E-state index is 12.3. The molecule has 0 saturated heterocycles. The van der Waals surface area contributed by atoms with E-state index in [0.717, 1.165) is 17.1 Å². The van der Waals surface area contributed by atoms with Crippen molar-refractivity contribution in [2.24, 2.45) is 0 Å². The van der Waals surface area contributed by atoms with Crippen LogP contribution in [0.15, 0.2) is 54.6 Å². The average Bonchev–Trinajstić information content (AvgIpc) is 2.61. The number of carbonyl (C=O) groups excluding carboxylic acids is 1. The van der Waals surface area contributed by atoms with E-state index in [-0.39, 0.29) is 5.91 Å². The quantitative estimate of drug-likeness (QED) is 0.748. The molecular weight excluding hydrogens is 290 g/mol. The van der Waals surface area contributed by atoms with Gasteiger partial charge in [-0.25, -0.2) is 0 Å². The van der Waals surface area contributed by atoms with Gasteiger partial charge in [0.1, 0.15) is 11.5 Å². The van der Waals surface area contributed by atoms with Gasteiger partial charge in [-0.3, -0.25) is 4.79 Å². The molecule has 4 nitrogen and oxygen atoms in total. The maximum absolute atomic E-state index is 12.3. The molecule has 2 aromatic rings. The zero-order valence-electron chi connectivity index (χ0n) is 13.7. The number of hydrogen-bond acceptors (Lipinski definition) is 3. The third-order valence-corrected chi connectivity index (χ3v) is 3.59. The number of carbonyl (C=O) groups is 1. The summed E-state index contributed by atoms with van der Waals surface area (Å²) in [6.07, 6.45) is 0.374. The summed E-state index contributed by atoms with van der Waals surface area (Å²) in [5.74, 6) is 1.71. The first-order valence-corrected chi connectivity index (χ1v) is 7.81. The molecule has 0 N–H and O–H groups in total. The highest BCUT2D eigenvalue weighted by Crippen LogP contribution is 2.14. The molecule has 0 spiro atoms. The van der Waals surface area contributed by atoms with Crippen molar-refractivity contribution in [3.05, 3.63) is 60.2 Å². The molecular formula is C19H23NO3. The molecule has 0 unspecified atom stereocenters. The fourth-order valence-electron chi connectivity index (χ4n) is 2.26. The molecule has 122 valence electrons. The molecule has 2 rings (SSSR count). The van der Waals surface area contributed by atoms with Gasteiger partial charge in [0.15, 0.2) is 0 Å². The molecule has 0 fully saturated rings. The lowest BCUT2D eigenvalue weighted by atomic mass is 10.2. The van der Waals surface area contributed by atoms with E-state index >= 15 is 0 Å². The van der Waals surface area contributed by atoms with Gasteiger partial charge in [0.05, 0.1) is 20.1 Å². The molecule has 0 atom stereocenters. The van der Waals surface area contributed by atoms with E-state index in [4.69, 9.17) is 9.47 Å². The lowest BCUT2D eigenvalue weighted by molar-refractivity contribution is -0.132. The second-order valence-electron chi connectivity index (χ2n) is 5.17. The Morgan fingerprint density at radius 3 is 2.30 bits per heavy atom. The molecule has 0 saturated carbocycles. The van der Waals surface area contributed by atoms with Gasteiger partial charge in [-0.15, -0.1) is 0 Å². The summed E-state index contributed by atoms with van der Waals surface area (Å²) in [5.41, 5.74) is 1.09. The minimum Gasteiger partial charge on any atom is -0.497 e. The number of hydrogen-bond donors (Lipinski definition) is 0. The number of ether oxygens (including phenoxy) is 2. The SMILES string of the molecule is CCN(Cc1ccc(OC)cc1)C(=O)CCOc1ccccc1. The van der Waals surface area contributed by atoms with Crippen LogP contribution in [-0.2, 0) is 11.3 Å². The van der Waals surface area contributed by atoms with Gasteiger partial charge in [-0.1, -0.05) is 30.3 Å². The van der Waals surface area contributed by atoms with Crippen molar-refractivity contribution >= 4 is 5.91 Å². The minimum absolute atomic E-state index is 0.0965. The largest absolute Gasteiger partial charge is 0.497 e. The van der Waals surface area contributed by atoms with Gasteiger partial charge in [-0.05, 0) is 36.8 Å². The minimum atomic E-state index is 0.0965. The Balaban J connectivity index is 1.82. The number of amides is 1. The van der Waals surface area contributed by atoms with Crippen molar-refractivity contribution in [3.63, 3.8) is 0 Å². The lowest BCUT2D eigenvalue weighted by Crippen LogP contribution is -2.31. The van der Waals surface area contributed by atoms with Crippen LogP contribution >= 0.6 is 0 Å². The average molecular weight is 313 g/mol. The second-order valence-corrected chi connectivity index (χ2v) is 5.17. The Bertz CT molecular complexity index is 596. The Morgan fingerprint density at radius 2 is 1.70 bits per heavy atom. The monoisotopic (exact) mass is 313 g/mol. The number of rotatable bonds is 8. The first kappa shape index (κ1) is 16.9. The molecule has 4 heteroatoms. The maximum Gasteiger partial charge on any atom is 0.226 e. The molecule has 0 aliphatic carbocycles. The van der Waals surface area contributed by atoms with E-state index in [0.29, 0.717) is 26.1 Å². The summed E-state index contributed by atoms with van der Waals surface area (Å²) in [7, 11) is 1.64. The third kappa shape index (κ3) is 5.33. The molecule has 0 radical (unpaired) electrons. The molecule has 23 heavy (non-hydrogen) atoms. The topological polar surface area (TPSA) is 38.8 Å². The van der Waals surface area contributed by atoms with Gasteiger partial charge >= 0.3 is 0 Å². The van der Waals surface area contributed by atoms with E-state index in [9.17, 15) is 4.79 Å². The van der Waals surface area contributed by atoms with Crippen molar-refractivity contribution in [3.8, 4) is 11.5 Å². The van der Waals surface area contributed by atoms with Crippen LogP contribution in [0.1, 0.15) is 18.9 Å². The van der Waals surface area contributed by atoms with E-state index in [2.05, 4.69) is 0 Å². The summed E-state index contributed by atoms with van der Waals surface area (Å²) in [4.78, 5) is 14.1. The van der Waals surface area contributed by atoms with Crippen LogP contribution in [0.3, 0.4) is 0 Å². The van der Waals surface area contributed by atoms with E-state index < -0.39 is 0 Å². The molecule has 0 aromatic heterocycles. The van der Waals surface area contributed by atoms with Crippen molar-refractivity contribution in [2.45, 2.75) is 19.9 Å². The Hall–Kier alpha value is -2.49. The normalized spacial score (nSPS) is 10.2. The van der Waals surface area contributed by atoms with Gasteiger partial charge in [0.25, 0.3) is 0 Å². The van der Waals surface area contributed by atoms with E-state index in [1.807, 2.05) is 66.4 Å². The fourth-order valence-corrected chi connectivity index (χ4v) is 2.26. The van der Waals surface area contributed by atoms with Crippen LogP contribution in [0.25, 0.3) is 0 Å². The Morgan fingerprint density at radius 1 is 1.00 bits per heavy atom. The Kier molecular flexibility index (Phi) is 6.48. The summed E-state index contributed by atoms with van der Waals surface area (Å²) < 4.78 is 10.7.